The third-order valence-electron chi connectivity index (χ3n) is 4.21. The number of hydrogen-bond donors (Lipinski definition) is 1. The Morgan fingerprint density at radius 3 is 2.82 bits per heavy atom. The van der Waals surface area contributed by atoms with Crippen LogP contribution in [0.4, 0.5) is 0 Å². The van der Waals surface area contributed by atoms with E-state index in [0.29, 0.717) is 11.5 Å². The summed E-state index contributed by atoms with van der Waals surface area (Å²) in [6, 6.07) is 7.25. The highest BCUT2D eigenvalue weighted by Gasteiger charge is 2.23. The van der Waals surface area contributed by atoms with Crippen molar-refractivity contribution in [3.05, 3.63) is 46.0 Å². The number of rotatable bonds is 5. The quantitative estimate of drug-likeness (QED) is 0.918. The van der Waals surface area contributed by atoms with Gasteiger partial charge in [0.2, 0.25) is 0 Å². The van der Waals surface area contributed by atoms with Crippen molar-refractivity contribution in [3.8, 4) is 0 Å². The summed E-state index contributed by atoms with van der Waals surface area (Å²) in [5.41, 5.74) is 2.61. The highest BCUT2D eigenvalue weighted by atomic mass is 32.1. The van der Waals surface area contributed by atoms with E-state index in [1.807, 2.05) is 19.1 Å². The van der Waals surface area contributed by atoms with Crippen LogP contribution in [-0.2, 0) is 13.0 Å². The minimum absolute atomic E-state index is 0.352. The van der Waals surface area contributed by atoms with E-state index in [2.05, 4.69) is 14.5 Å². The van der Waals surface area contributed by atoms with Crippen molar-refractivity contribution in [1.29, 1.82) is 0 Å². The van der Waals surface area contributed by atoms with Crippen molar-refractivity contribution in [2.45, 2.75) is 26.3 Å². The fraction of sp³-hybridized carbons (Fsp3) is 0.438. The number of aromatic nitrogens is 2. The van der Waals surface area contributed by atoms with Crippen molar-refractivity contribution in [2.75, 3.05) is 13.1 Å². The molecule has 2 heterocycles. The number of aromatic carboxylic acids is 1. The van der Waals surface area contributed by atoms with Gasteiger partial charge in [0, 0.05) is 13.1 Å². The molecule has 0 amide bonds. The van der Waals surface area contributed by atoms with Crippen LogP contribution < -0.4 is 0 Å². The number of nitrogens with zero attached hydrogens (tertiary/aromatic N) is 3. The normalized spacial score (nSPS) is 18.7. The van der Waals surface area contributed by atoms with E-state index in [0.717, 1.165) is 31.7 Å². The third kappa shape index (κ3) is 3.51. The lowest BCUT2D eigenvalue weighted by Gasteiger charge is -2.15. The molecule has 1 unspecified atom stereocenters. The van der Waals surface area contributed by atoms with Gasteiger partial charge < -0.3 is 5.11 Å². The lowest BCUT2D eigenvalue weighted by atomic mass is 9.98. The summed E-state index contributed by atoms with van der Waals surface area (Å²) < 4.78 is 3.99. The second-order valence-corrected chi connectivity index (χ2v) is 6.72. The van der Waals surface area contributed by atoms with Crippen molar-refractivity contribution >= 4 is 17.5 Å². The molecule has 1 aromatic heterocycles. The molecule has 5 nitrogen and oxygen atoms in total. The third-order valence-corrected chi connectivity index (χ3v) is 5.02. The number of hydrogen-bond acceptors (Lipinski definition) is 5. The highest BCUT2D eigenvalue weighted by Crippen LogP contribution is 2.24. The Kier molecular flexibility index (Phi) is 4.49. The molecule has 0 aliphatic carbocycles. The largest absolute Gasteiger partial charge is 0.478 e. The molecule has 0 saturated carbocycles. The maximum Gasteiger partial charge on any atom is 0.335 e. The summed E-state index contributed by atoms with van der Waals surface area (Å²) in [5.74, 6) is -0.232. The predicted molar refractivity (Wildman–Crippen MR) is 85.1 cm³/mol. The van der Waals surface area contributed by atoms with E-state index in [9.17, 15) is 4.79 Å². The maximum absolute atomic E-state index is 10.9. The molecule has 2 aromatic rings. The van der Waals surface area contributed by atoms with Gasteiger partial charge in [-0.05, 0) is 61.5 Å². The molecule has 116 valence electrons. The highest BCUT2D eigenvalue weighted by molar-refractivity contribution is 7.05. The van der Waals surface area contributed by atoms with Gasteiger partial charge in [0.15, 0.2) is 0 Å². The summed E-state index contributed by atoms with van der Waals surface area (Å²) in [6.45, 7) is 5.14. The molecule has 0 bridgehead atoms. The molecule has 1 fully saturated rings. The summed E-state index contributed by atoms with van der Waals surface area (Å²) in [7, 11) is 0. The first kappa shape index (κ1) is 15.1. The predicted octanol–water partition coefficient (Wildman–Crippen LogP) is 2.61. The first-order valence-electron chi connectivity index (χ1n) is 7.44. The molecule has 1 saturated heterocycles. The molecule has 1 aliphatic rings. The van der Waals surface area contributed by atoms with Crippen LogP contribution in [0.25, 0.3) is 0 Å². The van der Waals surface area contributed by atoms with Gasteiger partial charge >= 0.3 is 5.97 Å². The Morgan fingerprint density at radius 1 is 1.41 bits per heavy atom. The monoisotopic (exact) mass is 317 g/mol. The number of carboxylic acid groups (broad SMARTS) is 1. The van der Waals surface area contributed by atoms with Gasteiger partial charge in [-0.15, -0.1) is 5.10 Å². The van der Waals surface area contributed by atoms with Gasteiger partial charge in [0.1, 0.15) is 0 Å². The zero-order valence-corrected chi connectivity index (χ0v) is 13.3. The van der Waals surface area contributed by atoms with E-state index in [1.165, 1.54) is 28.4 Å². The van der Waals surface area contributed by atoms with Crippen LogP contribution in [0.1, 0.15) is 32.9 Å². The van der Waals surface area contributed by atoms with Crippen LogP contribution in [0, 0.1) is 12.8 Å². The average molecular weight is 317 g/mol. The molecule has 1 aromatic carbocycles. The standard InChI is InChI=1S/C16H19N3O2S/c1-11-15(22-18-17-11)10-19-7-6-13(9-19)8-12-2-4-14(5-3-12)16(20)21/h2-5,13H,6-10H2,1H3,(H,20,21). The Labute approximate surface area is 133 Å². The molecule has 0 spiro atoms. The zero-order chi connectivity index (χ0) is 15.5. The fourth-order valence-corrected chi connectivity index (χ4v) is 3.61. The van der Waals surface area contributed by atoms with Crippen molar-refractivity contribution in [3.63, 3.8) is 0 Å². The van der Waals surface area contributed by atoms with Crippen molar-refractivity contribution < 1.29 is 9.90 Å². The second-order valence-electron chi connectivity index (χ2n) is 5.88. The molecule has 1 aliphatic heterocycles. The summed E-state index contributed by atoms with van der Waals surface area (Å²) in [4.78, 5) is 14.6. The number of carbonyl (C=O) groups is 1. The zero-order valence-electron chi connectivity index (χ0n) is 12.5. The molecule has 1 atom stereocenters. The van der Waals surface area contributed by atoms with Gasteiger partial charge in [-0.25, -0.2) is 4.79 Å². The Balaban J connectivity index is 1.54. The van der Waals surface area contributed by atoms with Crippen LogP contribution in [0.15, 0.2) is 24.3 Å². The number of carboxylic acids is 1. The summed E-state index contributed by atoms with van der Waals surface area (Å²) in [6.07, 6.45) is 2.20. The Bertz CT molecular complexity index is 654. The maximum atomic E-state index is 10.9. The van der Waals surface area contributed by atoms with E-state index in [4.69, 9.17) is 5.11 Å². The SMILES string of the molecule is Cc1nnsc1CN1CCC(Cc2ccc(C(=O)O)cc2)C1. The topological polar surface area (TPSA) is 66.3 Å². The van der Waals surface area contributed by atoms with E-state index >= 15 is 0 Å². The van der Waals surface area contributed by atoms with Crippen LogP contribution in [0.3, 0.4) is 0 Å². The minimum Gasteiger partial charge on any atom is -0.478 e. The number of likely N-dealkylation sites (tertiary alicyclic amines) is 1. The Hall–Kier alpha value is -1.79. The smallest absolute Gasteiger partial charge is 0.335 e. The molecule has 3 rings (SSSR count). The van der Waals surface area contributed by atoms with Gasteiger partial charge in [-0.1, -0.05) is 16.6 Å². The lowest BCUT2D eigenvalue weighted by Crippen LogP contribution is -2.20. The number of benzene rings is 1. The minimum atomic E-state index is -0.868. The Morgan fingerprint density at radius 2 is 2.18 bits per heavy atom. The van der Waals surface area contributed by atoms with Crippen LogP contribution >= 0.6 is 11.5 Å². The van der Waals surface area contributed by atoms with Crippen molar-refractivity contribution in [2.24, 2.45) is 5.92 Å². The molecule has 22 heavy (non-hydrogen) atoms. The van der Waals surface area contributed by atoms with Gasteiger partial charge in [-0.2, -0.15) is 0 Å². The average Bonchev–Trinajstić information content (AvgIpc) is 3.10. The molecular formula is C16H19N3O2S. The second kappa shape index (κ2) is 6.54. The molecule has 0 radical (unpaired) electrons. The lowest BCUT2D eigenvalue weighted by molar-refractivity contribution is 0.0697. The number of aryl methyl sites for hydroxylation is 1. The van der Waals surface area contributed by atoms with Gasteiger partial charge in [0.05, 0.1) is 16.1 Å². The molecular weight excluding hydrogens is 298 g/mol. The van der Waals surface area contributed by atoms with Crippen LogP contribution in [-0.4, -0.2) is 38.7 Å². The van der Waals surface area contributed by atoms with E-state index in [1.54, 1.807) is 12.1 Å². The first-order valence-corrected chi connectivity index (χ1v) is 8.21. The van der Waals surface area contributed by atoms with Crippen molar-refractivity contribution in [1.82, 2.24) is 14.5 Å². The molecule has 1 N–H and O–H groups in total. The van der Waals surface area contributed by atoms with E-state index in [-0.39, 0.29) is 0 Å². The summed E-state index contributed by atoms with van der Waals surface area (Å²) in [5, 5.41) is 13.0. The molecule has 6 heteroatoms. The van der Waals surface area contributed by atoms with Crippen LogP contribution in [0.2, 0.25) is 0 Å². The van der Waals surface area contributed by atoms with E-state index < -0.39 is 5.97 Å². The van der Waals surface area contributed by atoms with Gasteiger partial charge in [-0.3, -0.25) is 4.90 Å². The van der Waals surface area contributed by atoms with Gasteiger partial charge in [0.25, 0.3) is 0 Å². The first-order chi connectivity index (χ1) is 10.6. The fourth-order valence-electron chi connectivity index (χ4n) is 2.94. The summed E-state index contributed by atoms with van der Waals surface area (Å²) >= 11 is 1.49. The van der Waals surface area contributed by atoms with Crippen LogP contribution in [0.5, 0.6) is 0 Å².